The molecule has 1 aromatic heterocycles. The van der Waals surface area contributed by atoms with Crippen molar-refractivity contribution in [1.29, 1.82) is 0 Å². The van der Waals surface area contributed by atoms with E-state index in [-0.39, 0.29) is 5.91 Å². The van der Waals surface area contributed by atoms with Gasteiger partial charge in [0.1, 0.15) is 5.75 Å². The Morgan fingerprint density at radius 3 is 2.67 bits per heavy atom. The number of esters is 1. The van der Waals surface area contributed by atoms with E-state index in [1.807, 2.05) is 36.6 Å². The first kappa shape index (κ1) is 18.6. The molecule has 3 aromatic rings. The van der Waals surface area contributed by atoms with Crippen LogP contribution in [0.1, 0.15) is 27.6 Å². The van der Waals surface area contributed by atoms with E-state index in [0.29, 0.717) is 22.9 Å². The zero-order valence-corrected chi connectivity index (χ0v) is 15.7. The lowest BCUT2D eigenvalue weighted by atomic mass is 10.1. The molecule has 0 saturated carbocycles. The summed E-state index contributed by atoms with van der Waals surface area (Å²) < 4.78 is 10.3. The molecular weight excluding hydrogens is 364 g/mol. The Morgan fingerprint density at radius 2 is 1.89 bits per heavy atom. The number of ether oxygens (including phenoxy) is 2. The smallest absolute Gasteiger partial charge is 0.337 e. The Balaban J connectivity index is 1.78. The minimum Gasteiger partial charge on any atom is -0.493 e. The van der Waals surface area contributed by atoms with Crippen LogP contribution >= 0.6 is 11.3 Å². The summed E-state index contributed by atoms with van der Waals surface area (Å²) in [5, 5.41) is 5.08. The van der Waals surface area contributed by atoms with Gasteiger partial charge in [0.05, 0.1) is 25.0 Å². The first-order valence-corrected chi connectivity index (χ1v) is 9.17. The van der Waals surface area contributed by atoms with Crippen molar-refractivity contribution in [3.05, 3.63) is 65.0 Å². The highest BCUT2D eigenvalue weighted by molar-refractivity contribution is 7.14. The van der Waals surface area contributed by atoms with Crippen molar-refractivity contribution in [2.45, 2.75) is 6.92 Å². The SMILES string of the molecule is CCOc1ccccc1-c1csc(NC(=O)c2cccc(C(=O)OC)c2)n1. The fourth-order valence-electron chi connectivity index (χ4n) is 2.49. The molecule has 0 unspecified atom stereocenters. The van der Waals surface area contributed by atoms with Crippen molar-refractivity contribution in [2.75, 3.05) is 19.0 Å². The summed E-state index contributed by atoms with van der Waals surface area (Å²) in [6.45, 7) is 2.48. The van der Waals surface area contributed by atoms with Gasteiger partial charge in [-0.3, -0.25) is 10.1 Å². The van der Waals surface area contributed by atoms with Crippen LogP contribution in [0.4, 0.5) is 5.13 Å². The molecule has 0 aliphatic rings. The van der Waals surface area contributed by atoms with Crippen LogP contribution in [0.15, 0.2) is 53.9 Å². The van der Waals surface area contributed by atoms with E-state index in [2.05, 4.69) is 15.0 Å². The highest BCUT2D eigenvalue weighted by atomic mass is 32.1. The molecule has 7 heteroatoms. The zero-order valence-electron chi connectivity index (χ0n) is 14.9. The lowest BCUT2D eigenvalue weighted by Crippen LogP contribution is -2.13. The molecule has 0 bridgehead atoms. The topological polar surface area (TPSA) is 77.5 Å². The molecule has 2 aromatic carbocycles. The highest BCUT2D eigenvalue weighted by Crippen LogP contribution is 2.32. The van der Waals surface area contributed by atoms with Gasteiger partial charge in [0, 0.05) is 16.5 Å². The van der Waals surface area contributed by atoms with Gasteiger partial charge >= 0.3 is 5.97 Å². The van der Waals surface area contributed by atoms with Gasteiger partial charge in [-0.25, -0.2) is 9.78 Å². The van der Waals surface area contributed by atoms with Gasteiger partial charge < -0.3 is 9.47 Å². The molecule has 0 saturated heterocycles. The number of carbonyl (C=O) groups excluding carboxylic acids is 2. The first-order chi connectivity index (χ1) is 13.1. The lowest BCUT2D eigenvalue weighted by molar-refractivity contribution is 0.0600. The number of benzene rings is 2. The van der Waals surface area contributed by atoms with E-state index in [1.165, 1.54) is 24.5 Å². The Hall–Kier alpha value is -3.19. The standard InChI is InChI=1S/C20H18N2O4S/c1-3-26-17-10-5-4-9-15(17)16-12-27-20(21-16)22-18(23)13-7-6-8-14(11-13)19(24)25-2/h4-12H,3H2,1-2H3,(H,21,22,23). The Kier molecular flexibility index (Phi) is 5.83. The van der Waals surface area contributed by atoms with Crippen LogP contribution in [0.5, 0.6) is 5.75 Å². The fraction of sp³-hybridized carbons (Fsp3) is 0.150. The van der Waals surface area contributed by atoms with E-state index >= 15 is 0 Å². The van der Waals surface area contributed by atoms with Crippen LogP contribution in [0.25, 0.3) is 11.3 Å². The molecule has 0 atom stereocenters. The molecule has 27 heavy (non-hydrogen) atoms. The summed E-state index contributed by atoms with van der Waals surface area (Å²) in [5.74, 6) is -0.0950. The van der Waals surface area contributed by atoms with Crippen molar-refractivity contribution in [1.82, 2.24) is 4.98 Å². The van der Waals surface area contributed by atoms with Crippen LogP contribution in [-0.2, 0) is 4.74 Å². The van der Waals surface area contributed by atoms with E-state index in [1.54, 1.807) is 18.2 Å². The van der Waals surface area contributed by atoms with Gasteiger partial charge in [0.25, 0.3) is 5.91 Å². The second kappa shape index (κ2) is 8.46. The monoisotopic (exact) mass is 382 g/mol. The molecule has 0 aliphatic carbocycles. The van der Waals surface area contributed by atoms with E-state index in [4.69, 9.17) is 4.74 Å². The molecule has 1 heterocycles. The summed E-state index contributed by atoms with van der Waals surface area (Å²) in [4.78, 5) is 28.6. The first-order valence-electron chi connectivity index (χ1n) is 8.29. The van der Waals surface area contributed by atoms with E-state index in [9.17, 15) is 9.59 Å². The maximum absolute atomic E-state index is 12.5. The number of anilines is 1. The second-order valence-corrected chi connectivity index (χ2v) is 6.35. The van der Waals surface area contributed by atoms with Gasteiger partial charge in [0.2, 0.25) is 0 Å². The van der Waals surface area contributed by atoms with Crippen molar-refractivity contribution in [3.8, 4) is 17.0 Å². The lowest BCUT2D eigenvalue weighted by Gasteiger charge is -2.07. The Bertz CT molecular complexity index is 968. The predicted octanol–water partition coefficient (Wildman–Crippen LogP) is 4.25. The molecule has 1 N–H and O–H groups in total. The number of nitrogens with zero attached hydrogens (tertiary/aromatic N) is 1. The van der Waals surface area contributed by atoms with Crippen molar-refractivity contribution in [2.24, 2.45) is 0 Å². The van der Waals surface area contributed by atoms with E-state index in [0.717, 1.165) is 17.0 Å². The minimum absolute atomic E-state index is 0.315. The van der Waals surface area contributed by atoms with Gasteiger partial charge in [0.15, 0.2) is 5.13 Å². The number of aromatic nitrogens is 1. The van der Waals surface area contributed by atoms with Crippen molar-refractivity contribution < 1.29 is 19.1 Å². The number of para-hydroxylation sites is 1. The molecule has 0 radical (unpaired) electrons. The third-order valence-electron chi connectivity index (χ3n) is 3.73. The Morgan fingerprint density at radius 1 is 1.11 bits per heavy atom. The number of hydrogen-bond donors (Lipinski definition) is 1. The molecule has 1 amide bonds. The molecule has 0 fully saturated rings. The quantitative estimate of drug-likeness (QED) is 0.645. The fourth-order valence-corrected chi connectivity index (χ4v) is 3.19. The third kappa shape index (κ3) is 4.32. The average Bonchev–Trinajstić information content (AvgIpc) is 3.16. The van der Waals surface area contributed by atoms with Crippen LogP contribution in [0.3, 0.4) is 0 Å². The largest absolute Gasteiger partial charge is 0.493 e. The van der Waals surface area contributed by atoms with Gasteiger partial charge in [-0.05, 0) is 37.3 Å². The van der Waals surface area contributed by atoms with E-state index < -0.39 is 5.97 Å². The third-order valence-corrected chi connectivity index (χ3v) is 4.49. The maximum Gasteiger partial charge on any atom is 0.337 e. The van der Waals surface area contributed by atoms with Crippen molar-refractivity contribution >= 4 is 28.3 Å². The highest BCUT2D eigenvalue weighted by Gasteiger charge is 2.14. The number of nitrogens with one attached hydrogen (secondary N) is 1. The van der Waals surface area contributed by atoms with Crippen LogP contribution in [-0.4, -0.2) is 30.6 Å². The maximum atomic E-state index is 12.5. The Labute approximate surface area is 160 Å². The van der Waals surface area contributed by atoms with Crippen LogP contribution < -0.4 is 10.1 Å². The summed E-state index contributed by atoms with van der Waals surface area (Å²) in [7, 11) is 1.30. The molecule has 138 valence electrons. The summed E-state index contributed by atoms with van der Waals surface area (Å²) in [6, 6.07) is 14.0. The summed E-state index contributed by atoms with van der Waals surface area (Å²) in [6.07, 6.45) is 0. The normalized spacial score (nSPS) is 10.3. The summed E-state index contributed by atoms with van der Waals surface area (Å²) >= 11 is 1.32. The zero-order chi connectivity index (χ0) is 19.2. The number of amides is 1. The van der Waals surface area contributed by atoms with Gasteiger partial charge in [-0.1, -0.05) is 18.2 Å². The predicted molar refractivity (Wildman–Crippen MR) is 104 cm³/mol. The van der Waals surface area contributed by atoms with Gasteiger partial charge in [-0.2, -0.15) is 0 Å². The second-order valence-electron chi connectivity index (χ2n) is 5.49. The van der Waals surface area contributed by atoms with Gasteiger partial charge in [-0.15, -0.1) is 11.3 Å². The molecule has 0 aliphatic heterocycles. The number of carbonyl (C=O) groups is 2. The average molecular weight is 382 g/mol. The molecular formula is C20H18N2O4S. The van der Waals surface area contributed by atoms with Crippen LogP contribution in [0, 0.1) is 0 Å². The number of hydrogen-bond acceptors (Lipinski definition) is 6. The molecule has 6 nitrogen and oxygen atoms in total. The number of thiazole rings is 1. The minimum atomic E-state index is -0.492. The number of rotatable bonds is 6. The number of methoxy groups -OCH3 is 1. The van der Waals surface area contributed by atoms with Crippen LogP contribution in [0.2, 0.25) is 0 Å². The molecule has 3 rings (SSSR count). The molecule has 0 spiro atoms. The summed E-state index contributed by atoms with van der Waals surface area (Å²) in [5.41, 5.74) is 2.26. The van der Waals surface area contributed by atoms with Crippen molar-refractivity contribution in [3.63, 3.8) is 0 Å².